The molecule has 2 heterocycles. The number of hydrazine groups is 1. The first kappa shape index (κ1) is 22.8. The van der Waals surface area contributed by atoms with E-state index < -0.39 is 27.9 Å². The molecule has 1 unspecified atom stereocenters. The number of imide groups is 1. The standard InChI is InChI=1S/C21H19N7O5S/c1-13-18(20(31)28(26-13)19(30)14-3-7-16(29)8-4-14)25-24-15-5-9-17(10-6-15)34(32,33)27-21-22-11-2-12-23-21/h2-12,18,24-25,29H,1H3,(H,22,23,27). The van der Waals surface area contributed by atoms with Gasteiger partial charge < -0.3 is 10.5 Å². The number of benzene rings is 2. The summed E-state index contributed by atoms with van der Waals surface area (Å²) in [6.45, 7) is 1.59. The van der Waals surface area contributed by atoms with Crippen LogP contribution in [0.15, 0.2) is 77.0 Å². The van der Waals surface area contributed by atoms with Gasteiger partial charge in [0.2, 0.25) is 5.95 Å². The number of sulfonamides is 1. The van der Waals surface area contributed by atoms with E-state index in [-0.39, 0.29) is 22.2 Å². The summed E-state index contributed by atoms with van der Waals surface area (Å²) in [6, 6.07) is 11.8. The van der Waals surface area contributed by atoms with Gasteiger partial charge in [0.15, 0.2) is 0 Å². The molecule has 0 bridgehead atoms. The Labute approximate surface area is 194 Å². The summed E-state index contributed by atoms with van der Waals surface area (Å²) in [5.41, 5.74) is 6.64. The van der Waals surface area contributed by atoms with E-state index in [2.05, 4.69) is 30.6 Å². The van der Waals surface area contributed by atoms with Crippen molar-refractivity contribution in [2.45, 2.75) is 17.9 Å². The molecule has 3 aromatic rings. The second kappa shape index (κ2) is 9.25. The van der Waals surface area contributed by atoms with E-state index in [1.807, 2.05) is 0 Å². The molecule has 1 atom stereocenters. The van der Waals surface area contributed by atoms with Gasteiger partial charge in [0.05, 0.1) is 10.6 Å². The molecule has 2 amide bonds. The molecule has 0 saturated heterocycles. The van der Waals surface area contributed by atoms with Crippen molar-refractivity contribution in [2.24, 2.45) is 5.10 Å². The Morgan fingerprint density at radius 2 is 1.68 bits per heavy atom. The summed E-state index contributed by atoms with van der Waals surface area (Å²) in [5, 5.41) is 14.2. The third kappa shape index (κ3) is 4.84. The van der Waals surface area contributed by atoms with Crippen LogP contribution in [0.25, 0.3) is 0 Å². The van der Waals surface area contributed by atoms with Gasteiger partial charge in [-0.25, -0.2) is 28.5 Å². The zero-order valence-electron chi connectivity index (χ0n) is 17.7. The predicted molar refractivity (Wildman–Crippen MR) is 122 cm³/mol. The number of aromatic hydroxyl groups is 1. The van der Waals surface area contributed by atoms with Crippen LogP contribution in [0, 0.1) is 0 Å². The number of hydrogen-bond donors (Lipinski definition) is 4. The van der Waals surface area contributed by atoms with E-state index in [1.54, 1.807) is 13.0 Å². The number of carbonyl (C=O) groups is 2. The number of nitrogens with one attached hydrogen (secondary N) is 3. The largest absolute Gasteiger partial charge is 0.508 e. The van der Waals surface area contributed by atoms with E-state index >= 15 is 0 Å². The van der Waals surface area contributed by atoms with Crippen molar-refractivity contribution < 1.29 is 23.1 Å². The Balaban J connectivity index is 1.39. The number of amides is 2. The second-order valence-electron chi connectivity index (χ2n) is 7.15. The van der Waals surface area contributed by atoms with Crippen LogP contribution in [-0.4, -0.2) is 52.1 Å². The fourth-order valence-corrected chi connectivity index (χ4v) is 3.97. The first-order chi connectivity index (χ1) is 16.2. The van der Waals surface area contributed by atoms with Crippen molar-refractivity contribution in [2.75, 3.05) is 10.1 Å². The van der Waals surface area contributed by atoms with Crippen molar-refractivity contribution in [3.05, 3.63) is 72.6 Å². The second-order valence-corrected chi connectivity index (χ2v) is 8.83. The van der Waals surface area contributed by atoms with Crippen LogP contribution in [0.2, 0.25) is 0 Å². The molecule has 0 aliphatic carbocycles. The Morgan fingerprint density at radius 3 is 2.32 bits per heavy atom. The number of phenolic OH excluding ortho intramolecular Hbond substituents is 1. The van der Waals surface area contributed by atoms with Crippen molar-refractivity contribution in [3.63, 3.8) is 0 Å². The highest BCUT2D eigenvalue weighted by Gasteiger charge is 2.37. The van der Waals surface area contributed by atoms with Gasteiger partial charge in [-0.3, -0.25) is 9.59 Å². The van der Waals surface area contributed by atoms with Crippen molar-refractivity contribution in [3.8, 4) is 5.75 Å². The minimum Gasteiger partial charge on any atom is -0.508 e. The average Bonchev–Trinajstić information content (AvgIpc) is 3.11. The smallest absolute Gasteiger partial charge is 0.281 e. The number of carbonyl (C=O) groups excluding carboxylic acids is 2. The maximum absolute atomic E-state index is 12.7. The quantitative estimate of drug-likeness (QED) is 0.287. The molecule has 1 aromatic heterocycles. The van der Waals surface area contributed by atoms with Gasteiger partial charge in [0.25, 0.3) is 21.8 Å². The van der Waals surface area contributed by atoms with Crippen LogP contribution in [0.5, 0.6) is 5.75 Å². The molecule has 1 aliphatic heterocycles. The van der Waals surface area contributed by atoms with Gasteiger partial charge in [-0.05, 0) is 61.5 Å². The van der Waals surface area contributed by atoms with Gasteiger partial charge in [0.1, 0.15) is 11.8 Å². The van der Waals surface area contributed by atoms with E-state index in [1.165, 1.54) is 60.9 Å². The van der Waals surface area contributed by atoms with E-state index in [0.29, 0.717) is 11.4 Å². The topological polar surface area (TPSA) is 166 Å². The molecule has 0 radical (unpaired) electrons. The number of aromatic nitrogens is 2. The first-order valence-electron chi connectivity index (χ1n) is 9.88. The summed E-state index contributed by atoms with van der Waals surface area (Å²) < 4.78 is 27.2. The summed E-state index contributed by atoms with van der Waals surface area (Å²) >= 11 is 0. The number of hydrogen-bond acceptors (Lipinski definition) is 10. The molecule has 1 aliphatic rings. The first-order valence-corrected chi connectivity index (χ1v) is 11.4. The third-order valence-electron chi connectivity index (χ3n) is 4.75. The lowest BCUT2D eigenvalue weighted by atomic mass is 10.2. The Kier molecular flexibility index (Phi) is 6.21. The predicted octanol–water partition coefficient (Wildman–Crippen LogP) is 1.33. The lowest BCUT2D eigenvalue weighted by molar-refractivity contribution is -0.127. The zero-order chi connectivity index (χ0) is 24.3. The minimum atomic E-state index is -3.88. The van der Waals surface area contributed by atoms with Crippen LogP contribution < -0.4 is 15.6 Å². The van der Waals surface area contributed by atoms with Gasteiger partial charge in [-0.1, -0.05) is 0 Å². The number of anilines is 2. The molecule has 4 N–H and O–H groups in total. The summed E-state index contributed by atoms with van der Waals surface area (Å²) in [6.07, 6.45) is 2.83. The highest BCUT2D eigenvalue weighted by molar-refractivity contribution is 7.92. The molecule has 34 heavy (non-hydrogen) atoms. The van der Waals surface area contributed by atoms with Crippen LogP contribution in [-0.2, 0) is 14.8 Å². The van der Waals surface area contributed by atoms with Crippen molar-refractivity contribution in [1.29, 1.82) is 0 Å². The number of phenols is 1. The molecule has 13 heteroatoms. The Morgan fingerprint density at radius 1 is 1.03 bits per heavy atom. The Bertz CT molecular complexity index is 1340. The molecule has 174 valence electrons. The molecule has 4 rings (SSSR count). The van der Waals surface area contributed by atoms with Gasteiger partial charge in [0, 0.05) is 23.6 Å². The SMILES string of the molecule is CC1=NN(C(=O)c2ccc(O)cc2)C(=O)C1NNc1ccc(S(=O)(=O)Nc2ncccn2)cc1. The van der Waals surface area contributed by atoms with Crippen molar-refractivity contribution in [1.82, 2.24) is 20.4 Å². The average molecular weight is 481 g/mol. The molecule has 0 fully saturated rings. The summed E-state index contributed by atoms with van der Waals surface area (Å²) in [7, 11) is -3.88. The minimum absolute atomic E-state index is 0.00396. The maximum atomic E-state index is 12.7. The monoisotopic (exact) mass is 481 g/mol. The highest BCUT2D eigenvalue weighted by atomic mass is 32.2. The van der Waals surface area contributed by atoms with Crippen LogP contribution in [0.1, 0.15) is 17.3 Å². The van der Waals surface area contributed by atoms with E-state index in [4.69, 9.17) is 0 Å². The molecular weight excluding hydrogens is 462 g/mol. The maximum Gasteiger partial charge on any atom is 0.281 e. The van der Waals surface area contributed by atoms with Crippen LogP contribution >= 0.6 is 0 Å². The number of nitrogens with zero attached hydrogens (tertiary/aromatic N) is 4. The van der Waals surface area contributed by atoms with Gasteiger partial charge in [-0.15, -0.1) is 0 Å². The molecular formula is C21H19N7O5S. The third-order valence-corrected chi connectivity index (χ3v) is 6.10. The van der Waals surface area contributed by atoms with Crippen LogP contribution in [0.3, 0.4) is 0 Å². The van der Waals surface area contributed by atoms with Gasteiger partial charge in [-0.2, -0.15) is 10.1 Å². The van der Waals surface area contributed by atoms with E-state index in [0.717, 1.165) is 5.01 Å². The zero-order valence-corrected chi connectivity index (χ0v) is 18.5. The van der Waals surface area contributed by atoms with Gasteiger partial charge >= 0.3 is 0 Å². The normalized spacial score (nSPS) is 15.7. The van der Waals surface area contributed by atoms with Crippen molar-refractivity contribution >= 4 is 39.2 Å². The summed E-state index contributed by atoms with van der Waals surface area (Å²) in [5.74, 6) is -1.27. The molecule has 2 aromatic carbocycles. The number of hydrazone groups is 1. The molecule has 12 nitrogen and oxygen atoms in total. The van der Waals surface area contributed by atoms with E-state index in [9.17, 15) is 23.1 Å². The summed E-state index contributed by atoms with van der Waals surface area (Å²) in [4.78, 5) is 33.0. The lowest BCUT2D eigenvalue weighted by Crippen LogP contribution is -2.46. The fourth-order valence-electron chi connectivity index (χ4n) is 3.01. The number of rotatable bonds is 7. The lowest BCUT2D eigenvalue weighted by Gasteiger charge is -2.16. The molecule has 0 saturated carbocycles. The fraction of sp³-hybridized carbons (Fsp3) is 0.0952. The Hall–Kier alpha value is -4.36. The molecule has 0 spiro atoms. The highest BCUT2D eigenvalue weighted by Crippen LogP contribution is 2.18. The van der Waals surface area contributed by atoms with Crippen LogP contribution in [0.4, 0.5) is 11.6 Å².